The van der Waals surface area contributed by atoms with Gasteiger partial charge in [-0.2, -0.15) is 0 Å². The molecule has 1 fully saturated rings. The number of aromatic nitrogens is 2. The van der Waals surface area contributed by atoms with Crippen molar-refractivity contribution >= 4 is 0 Å². The lowest BCUT2D eigenvalue weighted by atomic mass is 10.1. The lowest BCUT2D eigenvalue weighted by Gasteiger charge is -2.27. The molecule has 1 aliphatic heterocycles. The van der Waals surface area contributed by atoms with Crippen molar-refractivity contribution in [2.45, 2.75) is 6.42 Å². The van der Waals surface area contributed by atoms with E-state index in [9.17, 15) is 4.39 Å². The number of halogens is 1. The second-order valence-corrected chi connectivity index (χ2v) is 5.10. The van der Waals surface area contributed by atoms with E-state index in [-0.39, 0.29) is 5.82 Å². The number of hydrogen-bond acceptors (Lipinski definition) is 3. The number of rotatable bonds is 4. The summed E-state index contributed by atoms with van der Waals surface area (Å²) in [4.78, 5) is 6.36. The molecule has 0 radical (unpaired) electrons. The van der Waals surface area contributed by atoms with E-state index in [4.69, 9.17) is 0 Å². The number of nitrogens with one attached hydrogen (secondary N) is 1. The molecule has 0 unspecified atom stereocenters. The van der Waals surface area contributed by atoms with Gasteiger partial charge in [-0.15, -0.1) is 0 Å². The van der Waals surface area contributed by atoms with Crippen molar-refractivity contribution in [2.24, 2.45) is 0 Å². The maximum Gasteiger partial charge on any atom is 0.147 e. The van der Waals surface area contributed by atoms with Gasteiger partial charge >= 0.3 is 0 Å². The van der Waals surface area contributed by atoms with Crippen LogP contribution in [0.15, 0.2) is 36.9 Å². The molecule has 1 aromatic heterocycles. The van der Waals surface area contributed by atoms with Crippen LogP contribution in [0.4, 0.5) is 4.39 Å². The van der Waals surface area contributed by atoms with Crippen molar-refractivity contribution in [3.05, 3.63) is 48.3 Å². The van der Waals surface area contributed by atoms with Gasteiger partial charge in [-0.25, -0.2) is 9.37 Å². The van der Waals surface area contributed by atoms with Crippen LogP contribution in [0.2, 0.25) is 0 Å². The summed E-state index contributed by atoms with van der Waals surface area (Å²) in [7, 11) is 0. The summed E-state index contributed by atoms with van der Waals surface area (Å²) in [6.07, 6.45) is 5.90. The van der Waals surface area contributed by atoms with Gasteiger partial charge in [-0.1, -0.05) is 6.07 Å². The Labute approximate surface area is 118 Å². The van der Waals surface area contributed by atoms with Gasteiger partial charge < -0.3 is 14.8 Å². The molecule has 1 N–H and O–H groups in total. The highest BCUT2D eigenvalue weighted by molar-refractivity contribution is 5.36. The topological polar surface area (TPSA) is 33.1 Å². The van der Waals surface area contributed by atoms with E-state index in [1.807, 2.05) is 12.1 Å². The van der Waals surface area contributed by atoms with Crippen LogP contribution in [0.5, 0.6) is 0 Å². The van der Waals surface area contributed by atoms with E-state index >= 15 is 0 Å². The molecule has 2 heterocycles. The molecule has 5 heteroatoms. The van der Waals surface area contributed by atoms with Crippen LogP contribution in [-0.4, -0.2) is 47.2 Å². The molecule has 1 aromatic carbocycles. The predicted octanol–water partition coefficient (Wildman–Crippen LogP) is 1.46. The Morgan fingerprint density at radius 3 is 2.80 bits per heavy atom. The van der Waals surface area contributed by atoms with E-state index in [0.29, 0.717) is 5.69 Å². The molecule has 2 aromatic rings. The number of piperazine rings is 1. The third-order valence-electron chi connectivity index (χ3n) is 3.72. The van der Waals surface area contributed by atoms with E-state index in [1.54, 1.807) is 29.4 Å². The molecular weight excluding hydrogens is 255 g/mol. The molecule has 0 amide bonds. The first-order chi connectivity index (χ1) is 9.83. The minimum atomic E-state index is -0.194. The molecule has 4 nitrogen and oxygen atoms in total. The van der Waals surface area contributed by atoms with E-state index in [2.05, 4.69) is 15.2 Å². The lowest BCUT2D eigenvalue weighted by molar-refractivity contribution is 0.244. The van der Waals surface area contributed by atoms with Crippen LogP contribution in [0.3, 0.4) is 0 Å². The van der Waals surface area contributed by atoms with Gasteiger partial charge in [-0.05, 0) is 24.1 Å². The van der Waals surface area contributed by atoms with Gasteiger partial charge in [0.1, 0.15) is 5.82 Å². The van der Waals surface area contributed by atoms with Gasteiger partial charge in [0.2, 0.25) is 0 Å². The Balaban J connectivity index is 1.64. The Morgan fingerprint density at radius 1 is 1.25 bits per heavy atom. The maximum atomic E-state index is 14.1. The number of benzene rings is 1. The fourth-order valence-corrected chi connectivity index (χ4v) is 2.54. The smallest absolute Gasteiger partial charge is 0.147 e. The molecule has 0 aliphatic carbocycles. The summed E-state index contributed by atoms with van der Waals surface area (Å²) >= 11 is 0. The number of imidazole rings is 1. The van der Waals surface area contributed by atoms with Crippen LogP contribution in [-0.2, 0) is 6.42 Å². The molecular formula is C15H19FN4. The molecule has 20 heavy (non-hydrogen) atoms. The molecule has 106 valence electrons. The first kappa shape index (κ1) is 13.3. The van der Waals surface area contributed by atoms with Crippen LogP contribution < -0.4 is 5.32 Å². The molecule has 1 aliphatic rings. The fourth-order valence-electron chi connectivity index (χ4n) is 2.54. The van der Waals surface area contributed by atoms with E-state index in [1.165, 1.54) is 0 Å². The largest absolute Gasteiger partial charge is 0.314 e. The Hall–Kier alpha value is -1.72. The summed E-state index contributed by atoms with van der Waals surface area (Å²) in [5, 5.41) is 3.33. The molecule has 0 saturated carbocycles. The number of nitrogens with zero attached hydrogens (tertiary/aromatic N) is 3. The summed E-state index contributed by atoms with van der Waals surface area (Å²) in [6.45, 7) is 5.25. The SMILES string of the molecule is Fc1cc(CCN2CCNCC2)ccc1-n1ccnc1. The van der Waals surface area contributed by atoms with E-state index in [0.717, 1.165) is 44.7 Å². The fraction of sp³-hybridized carbons (Fsp3) is 0.400. The van der Waals surface area contributed by atoms with Gasteiger partial charge in [-0.3, -0.25) is 0 Å². The zero-order chi connectivity index (χ0) is 13.8. The standard InChI is InChI=1S/C15H19FN4/c16-14-11-13(3-7-19-8-4-17-5-9-19)1-2-15(14)20-10-6-18-12-20/h1-2,6,10-12,17H,3-5,7-9H2. The van der Waals surface area contributed by atoms with Gasteiger partial charge in [0, 0.05) is 45.1 Å². The van der Waals surface area contributed by atoms with Crippen molar-refractivity contribution in [3.8, 4) is 5.69 Å². The highest BCUT2D eigenvalue weighted by Crippen LogP contribution is 2.15. The minimum Gasteiger partial charge on any atom is -0.314 e. The normalized spacial score (nSPS) is 16.4. The third-order valence-corrected chi connectivity index (χ3v) is 3.72. The van der Waals surface area contributed by atoms with Crippen molar-refractivity contribution in [3.63, 3.8) is 0 Å². The highest BCUT2D eigenvalue weighted by atomic mass is 19.1. The van der Waals surface area contributed by atoms with E-state index < -0.39 is 0 Å². The summed E-state index contributed by atoms with van der Waals surface area (Å²) in [5.41, 5.74) is 1.60. The van der Waals surface area contributed by atoms with Crippen molar-refractivity contribution < 1.29 is 4.39 Å². The monoisotopic (exact) mass is 274 g/mol. The molecule has 0 bridgehead atoms. The third kappa shape index (κ3) is 3.05. The molecule has 3 rings (SSSR count). The predicted molar refractivity (Wildman–Crippen MR) is 76.5 cm³/mol. The van der Waals surface area contributed by atoms with Crippen LogP contribution in [0.1, 0.15) is 5.56 Å². The maximum absolute atomic E-state index is 14.1. The molecule has 1 saturated heterocycles. The van der Waals surface area contributed by atoms with Crippen molar-refractivity contribution in [1.29, 1.82) is 0 Å². The summed E-state index contributed by atoms with van der Waals surface area (Å²) in [6, 6.07) is 5.46. The van der Waals surface area contributed by atoms with Crippen molar-refractivity contribution in [2.75, 3.05) is 32.7 Å². The Morgan fingerprint density at radius 2 is 2.10 bits per heavy atom. The zero-order valence-electron chi connectivity index (χ0n) is 11.4. The van der Waals surface area contributed by atoms with Crippen LogP contribution in [0, 0.1) is 5.82 Å². The van der Waals surface area contributed by atoms with Crippen LogP contribution >= 0.6 is 0 Å². The Kier molecular flexibility index (Phi) is 4.08. The highest BCUT2D eigenvalue weighted by Gasteiger charge is 2.10. The van der Waals surface area contributed by atoms with Crippen LogP contribution in [0.25, 0.3) is 5.69 Å². The van der Waals surface area contributed by atoms with Gasteiger partial charge in [0.25, 0.3) is 0 Å². The number of hydrogen-bond donors (Lipinski definition) is 1. The summed E-state index contributed by atoms with van der Waals surface area (Å²) < 4.78 is 15.8. The van der Waals surface area contributed by atoms with Gasteiger partial charge in [0.15, 0.2) is 0 Å². The lowest BCUT2D eigenvalue weighted by Crippen LogP contribution is -2.44. The average molecular weight is 274 g/mol. The van der Waals surface area contributed by atoms with Gasteiger partial charge in [0.05, 0.1) is 12.0 Å². The first-order valence-corrected chi connectivity index (χ1v) is 7.03. The summed E-state index contributed by atoms with van der Waals surface area (Å²) in [5.74, 6) is -0.194. The minimum absolute atomic E-state index is 0.194. The van der Waals surface area contributed by atoms with Crippen molar-refractivity contribution in [1.82, 2.24) is 19.8 Å². The molecule has 0 spiro atoms. The molecule has 0 atom stereocenters. The first-order valence-electron chi connectivity index (χ1n) is 7.03. The Bertz CT molecular complexity index is 547. The average Bonchev–Trinajstić information content (AvgIpc) is 3.00. The zero-order valence-corrected chi connectivity index (χ0v) is 11.4. The second-order valence-electron chi connectivity index (χ2n) is 5.10. The quantitative estimate of drug-likeness (QED) is 0.916. The second kappa shape index (κ2) is 6.15.